The summed E-state index contributed by atoms with van der Waals surface area (Å²) in [6.07, 6.45) is 1.17. The Kier molecular flexibility index (Phi) is 6.42. The van der Waals surface area contributed by atoms with E-state index in [0.29, 0.717) is 18.2 Å². The van der Waals surface area contributed by atoms with Crippen LogP contribution >= 0.6 is 0 Å². The van der Waals surface area contributed by atoms with E-state index in [1.165, 1.54) is 20.3 Å². The molecule has 19 heavy (non-hydrogen) atoms. The van der Waals surface area contributed by atoms with E-state index < -0.39 is 0 Å². The van der Waals surface area contributed by atoms with Gasteiger partial charge < -0.3 is 18.9 Å². The van der Waals surface area contributed by atoms with Gasteiger partial charge in [-0.3, -0.25) is 4.79 Å². The largest absolute Gasteiger partial charge is 0.481 e. The summed E-state index contributed by atoms with van der Waals surface area (Å²) < 4.78 is 20.2. The van der Waals surface area contributed by atoms with Crippen molar-refractivity contribution in [1.29, 1.82) is 0 Å². The molecule has 0 aliphatic carbocycles. The quantitative estimate of drug-likeness (QED) is 0.519. The molecule has 0 N–H and O–H groups in total. The molecule has 0 amide bonds. The predicted molar refractivity (Wildman–Crippen MR) is 66.5 cm³/mol. The summed E-state index contributed by atoms with van der Waals surface area (Å²) in [6, 6.07) is 1.65. The van der Waals surface area contributed by atoms with E-state index in [0.717, 1.165) is 6.42 Å². The molecule has 0 aliphatic rings. The average Bonchev–Trinajstić information content (AvgIpc) is 2.43. The fraction of sp³-hybridized carbons (Fsp3) is 0.583. The normalized spacial score (nSPS) is 9.84. The second-order valence-electron chi connectivity index (χ2n) is 3.55. The first-order chi connectivity index (χ1) is 9.19. The van der Waals surface area contributed by atoms with Gasteiger partial charge in [0.1, 0.15) is 13.2 Å². The van der Waals surface area contributed by atoms with Crippen LogP contribution in [0, 0.1) is 0 Å². The SMILES string of the molecule is CCCC(=O)OCCOc1nc(OC)cc(OC)n1. The van der Waals surface area contributed by atoms with Gasteiger partial charge in [-0.2, -0.15) is 9.97 Å². The maximum absolute atomic E-state index is 11.1. The standard InChI is InChI=1S/C12H18N2O5/c1-4-5-11(15)18-6-7-19-12-13-9(16-2)8-10(14-12)17-3/h8H,4-7H2,1-3H3. The molecular weight excluding hydrogens is 252 g/mol. The van der Waals surface area contributed by atoms with Crippen LogP contribution in [0.2, 0.25) is 0 Å². The lowest BCUT2D eigenvalue weighted by atomic mass is 10.3. The van der Waals surface area contributed by atoms with Gasteiger partial charge in [0.2, 0.25) is 11.8 Å². The van der Waals surface area contributed by atoms with Crippen molar-refractivity contribution in [2.24, 2.45) is 0 Å². The molecule has 1 heterocycles. The fourth-order valence-corrected chi connectivity index (χ4v) is 1.22. The summed E-state index contributed by atoms with van der Waals surface area (Å²) in [5, 5.41) is 0. The van der Waals surface area contributed by atoms with Crippen molar-refractivity contribution in [3.8, 4) is 17.8 Å². The molecule has 0 aliphatic heterocycles. The Bertz CT molecular complexity index is 389. The molecule has 0 aromatic carbocycles. The lowest BCUT2D eigenvalue weighted by molar-refractivity contribution is -0.144. The number of hydrogen-bond acceptors (Lipinski definition) is 7. The van der Waals surface area contributed by atoms with E-state index in [1.807, 2.05) is 6.92 Å². The molecule has 0 fully saturated rings. The smallest absolute Gasteiger partial charge is 0.323 e. The molecule has 7 nitrogen and oxygen atoms in total. The molecule has 0 spiro atoms. The molecule has 0 saturated heterocycles. The second-order valence-corrected chi connectivity index (χ2v) is 3.55. The van der Waals surface area contributed by atoms with Gasteiger partial charge in [-0.05, 0) is 6.42 Å². The van der Waals surface area contributed by atoms with Crippen LogP contribution in [0.15, 0.2) is 6.07 Å². The second kappa shape index (κ2) is 8.12. The van der Waals surface area contributed by atoms with Crippen LogP contribution in [0.1, 0.15) is 19.8 Å². The van der Waals surface area contributed by atoms with Crippen molar-refractivity contribution in [3.05, 3.63) is 6.07 Å². The van der Waals surface area contributed by atoms with Crippen molar-refractivity contribution < 1.29 is 23.7 Å². The third-order valence-electron chi connectivity index (χ3n) is 2.11. The third kappa shape index (κ3) is 5.41. The van der Waals surface area contributed by atoms with Gasteiger partial charge in [-0.25, -0.2) is 0 Å². The maximum atomic E-state index is 11.1. The monoisotopic (exact) mass is 270 g/mol. The lowest BCUT2D eigenvalue weighted by Crippen LogP contribution is -2.13. The van der Waals surface area contributed by atoms with E-state index in [-0.39, 0.29) is 25.2 Å². The zero-order valence-electron chi connectivity index (χ0n) is 11.3. The number of rotatable bonds is 8. The Morgan fingerprint density at radius 2 is 1.79 bits per heavy atom. The highest BCUT2D eigenvalue weighted by Crippen LogP contribution is 2.18. The highest BCUT2D eigenvalue weighted by molar-refractivity contribution is 5.69. The van der Waals surface area contributed by atoms with E-state index in [9.17, 15) is 4.79 Å². The van der Waals surface area contributed by atoms with Gasteiger partial charge in [-0.15, -0.1) is 0 Å². The maximum Gasteiger partial charge on any atom is 0.323 e. The van der Waals surface area contributed by atoms with Crippen molar-refractivity contribution in [2.75, 3.05) is 27.4 Å². The van der Waals surface area contributed by atoms with Crippen LogP contribution in [-0.2, 0) is 9.53 Å². The summed E-state index contributed by atoms with van der Waals surface area (Å²) in [5.74, 6) is 0.435. The minimum Gasteiger partial charge on any atom is -0.481 e. The van der Waals surface area contributed by atoms with Crippen LogP contribution in [0.25, 0.3) is 0 Å². The van der Waals surface area contributed by atoms with Crippen molar-refractivity contribution in [3.63, 3.8) is 0 Å². The summed E-state index contributed by atoms with van der Waals surface area (Å²) >= 11 is 0. The molecule has 106 valence electrons. The highest BCUT2D eigenvalue weighted by atomic mass is 16.6. The number of nitrogens with zero attached hydrogens (tertiary/aromatic N) is 2. The average molecular weight is 270 g/mol. The Balaban J connectivity index is 2.42. The van der Waals surface area contributed by atoms with Crippen LogP contribution in [0.3, 0.4) is 0 Å². The topological polar surface area (TPSA) is 79.8 Å². The summed E-state index contributed by atoms with van der Waals surface area (Å²) in [4.78, 5) is 19.1. The molecule has 0 radical (unpaired) electrons. The number of esters is 1. The van der Waals surface area contributed by atoms with Gasteiger partial charge in [-0.1, -0.05) is 6.92 Å². The van der Waals surface area contributed by atoms with Crippen LogP contribution in [0.5, 0.6) is 17.8 Å². The fourth-order valence-electron chi connectivity index (χ4n) is 1.22. The molecule has 0 saturated carbocycles. The van der Waals surface area contributed by atoms with Gasteiger partial charge in [0.15, 0.2) is 0 Å². The Hall–Kier alpha value is -2.05. The number of aromatic nitrogens is 2. The lowest BCUT2D eigenvalue weighted by Gasteiger charge is -2.08. The molecule has 7 heteroatoms. The summed E-state index contributed by atoms with van der Waals surface area (Å²) in [6.45, 7) is 2.24. The minimum atomic E-state index is -0.241. The van der Waals surface area contributed by atoms with Crippen molar-refractivity contribution >= 4 is 5.97 Å². The van der Waals surface area contributed by atoms with Gasteiger partial charge >= 0.3 is 12.0 Å². The van der Waals surface area contributed by atoms with E-state index >= 15 is 0 Å². The molecule has 0 unspecified atom stereocenters. The minimum absolute atomic E-state index is 0.114. The molecule has 0 bridgehead atoms. The zero-order valence-corrected chi connectivity index (χ0v) is 11.3. The van der Waals surface area contributed by atoms with E-state index in [1.54, 1.807) is 0 Å². The number of carbonyl (C=O) groups is 1. The van der Waals surface area contributed by atoms with E-state index in [4.69, 9.17) is 18.9 Å². The zero-order chi connectivity index (χ0) is 14.1. The number of carbonyl (C=O) groups excluding carboxylic acids is 1. The summed E-state index contributed by atoms with van der Waals surface area (Å²) in [5.41, 5.74) is 0. The van der Waals surface area contributed by atoms with Crippen molar-refractivity contribution in [2.45, 2.75) is 19.8 Å². The third-order valence-corrected chi connectivity index (χ3v) is 2.11. The van der Waals surface area contributed by atoms with Crippen LogP contribution in [-0.4, -0.2) is 43.4 Å². The molecule has 0 atom stereocenters. The Labute approximate surface area is 111 Å². The van der Waals surface area contributed by atoms with Crippen LogP contribution in [0.4, 0.5) is 0 Å². The Morgan fingerprint density at radius 3 is 2.32 bits per heavy atom. The first-order valence-electron chi connectivity index (χ1n) is 5.95. The van der Waals surface area contributed by atoms with Gasteiger partial charge in [0, 0.05) is 6.42 Å². The van der Waals surface area contributed by atoms with Gasteiger partial charge in [0.05, 0.1) is 20.3 Å². The number of hydrogen-bond donors (Lipinski definition) is 0. The molecule has 1 aromatic rings. The van der Waals surface area contributed by atoms with Gasteiger partial charge in [0.25, 0.3) is 0 Å². The highest BCUT2D eigenvalue weighted by Gasteiger charge is 2.07. The van der Waals surface area contributed by atoms with Crippen molar-refractivity contribution in [1.82, 2.24) is 9.97 Å². The predicted octanol–water partition coefficient (Wildman–Crippen LogP) is 1.22. The molecular formula is C12H18N2O5. The molecule has 1 rings (SSSR count). The molecule has 1 aromatic heterocycles. The van der Waals surface area contributed by atoms with Crippen LogP contribution < -0.4 is 14.2 Å². The van der Waals surface area contributed by atoms with E-state index in [2.05, 4.69) is 9.97 Å². The number of methoxy groups -OCH3 is 2. The number of ether oxygens (including phenoxy) is 4. The first-order valence-corrected chi connectivity index (χ1v) is 5.95. The first kappa shape index (κ1) is 15.0. The summed E-state index contributed by atoms with van der Waals surface area (Å²) in [7, 11) is 2.97. The Morgan fingerprint density at radius 1 is 1.16 bits per heavy atom.